The van der Waals surface area contributed by atoms with Gasteiger partial charge in [0, 0.05) is 57.4 Å². The van der Waals surface area contributed by atoms with Crippen LogP contribution in [0.4, 0.5) is 4.79 Å². The minimum absolute atomic E-state index is 0.00657. The number of urea groups is 1. The highest BCUT2D eigenvalue weighted by Gasteiger charge is 2.44. The smallest absolute Gasteiger partial charge is 0.315 e. The lowest BCUT2D eigenvalue weighted by Gasteiger charge is -2.25. The van der Waals surface area contributed by atoms with Crippen LogP contribution < -0.4 is 16.0 Å². The molecule has 3 atom stereocenters. The van der Waals surface area contributed by atoms with E-state index in [4.69, 9.17) is 0 Å². The molecule has 170 valence electrons. The van der Waals surface area contributed by atoms with E-state index < -0.39 is 6.04 Å². The maximum atomic E-state index is 13.4. The first-order chi connectivity index (χ1) is 14.8. The largest absolute Gasteiger partial charge is 0.343 e. The van der Waals surface area contributed by atoms with Crippen LogP contribution >= 0.6 is 0 Å². The molecule has 0 aromatic carbocycles. The second-order valence-corrected chi connectivity index (χ2v) is 9.33. The van der Waals surface area contributed by atoms with Crippen LogP contribution in [0.2, 0.25) is 0 Å². The van der Waals surface area contributed by atoms with Crippen molar-refractivity contribution >= 4 is 17.8 Å². The van der Waals surface area contributed by atoms with Gasteiger partial charge in [0.2, 0.25) is 11.8 Å². The predicted octanol–water partition coefficient (Wildman–Crippen LogP) is -0.192. The zero-order chi connectivity index (χ0) is 22.1. The molecule has 2 saturated heterocycles. The SMILES string of the molecule is CC(C)NC(=O)N[C@H]1C[C@H]2CN(Cc3ccnn3C)C[C@H](NC(=O)C3CC3)C(=O)N2C1. The highest BCUT2D eigenvalue weighted by Crippen LogP contribution is 2.30. The Labute approximate surface area is 182 Å². The molecule has 1 saturated carbocycles. The van der Waals surface area contributed by atoms with Gasteiger partial charge in [-0.3, -0.25) is 19.2 Å². The number of nitrogens with one attached hydrogen (secondary N) is 3. The van der Waals surface area contributed by atoms with E-state index in [2.05, 4.69) is 25.9 Å². The number of hydrogen-bond donors (Lipinski definition) is 3. The average molecular weight is 432 g/mol. The van der Waals surface area contributed by atoms with Gasteiger partial charge in [-0.05, 0) is 39.2 Å². The minimum atomic E-state index is -0.574. The van der Waals surface area contributed by atoms with Crippen molar-refractivity contribution in [2.75, 3.05) is 19.6 Å². The van der Waals surface area contributed by atoms with Gasteiger partial charge in [0.15, 0.2) is 0 Å². The molecule has 0 bridgehead atoms. The van der Waals surface area contributed by atoms with E-state index in [0.29, 0.717) is 32.6 Å². The second-order valence-electron chi connectivity index (χ2n) is 9.33. The number of amides is 4. The first-order valence-corrected chi connectivity index (χ1v) is 11.2. The summed E-state index contributed by atoms with van der Waals surface area (Å²) in [6.07, 6.45) is 4.26. The maximum Gasteiger partial charge on any atom is 0.315 e. The lowest BCUT2D eigenvalue weighted by molar-refractivity contribution is -0.136. The van der Waals surface area contributed by atoms with Gasteiger partial charge in [-0.25, -0.2) is 4.79 Å². The third-order valence-electron chi connectivity index (χ3n) is 6.23. The first-order valence-electron chi connectivity index (χ1n) is 11.2. The van der Waals surface area contributed by atoms with Crippen LogP contribution in [0.25, 0.3) is 0 Å². The Balaban J connectivity index is 1.48. The van der Waals surface area contributed by atoms with Crippen LogP contribution in [0.5, 0.6) is 0 Å². The monoisotopic (exact) mass is 431 g/mol. The summed E-state index contributed by atoms with van der Waals surface area (Å²) in [5, 5.41) is 13.1. The van der Waals surface area contributed by atoms with Gasteiger partial charge in [-0.2, -0.15) is 5.10 Å². The van der Waals surface area contributed by atoms with E-state index in [-0.39, 0.29) is 41.9 Å². The van der Waals surface area contributed by atoms with Gasteiger partial charge in [0.05, 0.1) is 11.7 Å². The van der Waals surface area contributed by atoms with Crippen molar-refractivity contribution in [3.63, 3.8) is 0 Å². The summed E-state index contributed by atoms with van der Waals surface area (Å²) < 4.78 is 1.83. The molecule has 3 N–H and O–H groups in total. The summed E-state index contributed by atoms with van der Waals surface area (Å²) >= 11 is 0. The maximum absolute atomic E-state index is 13.4. The third-order valence-corrected chi connectivity index (χ3v) is 6.23. The van der Waals surface area contributed by atoms with Gasteiger partial charge in [0.25, 0.3) is 0 Å². The molecule has 0 radical (unpaired) electrons. The standard InChI is InChI=1S/C21H33N7O3/c1-13(2)23-21(31)24-15-8-17-11-27(10-16-6-7-22-26(16)3)12-18(20(30)28(17)9-15)25-19(29)14-4-5-14/h6-7,13-15,17-18H,4-5,8-12H2,1-3H3,(H,25,29)(H2,23,24,31)/t15-,17-,18-/m0/s1. The van der Waals surface area contributed by atoms with Crippen LogP contribution in [0, 0.1) is 5.92 Å². The molecule has 3 heterocycles. The van der Waals surface area contributed by atoms with E-state index in [1.165, 1.54) is 0 Å². The molecule has 3 fully saturated rings. The Kier molecular flexibility index (Phi) is 6.17. The molecule has 1 aromatic heterocycles. The molecular formula is C21H33N7O3. The van der Waals surface area contributed by atoms with Crippen LogP contribution in [0.1, 0.15) is 38.8 Å². The van der Waals surface area contributed by atoms with E-state index in [0.717, 1.165) is 18.5 Å². The lowest BCUT2D eigenvalue weighted by atomic mass is 10.1. The number of carbonyl (C=O) groups is 3. The third kappa shape index (κ3) is 5.17. The van der Waals surface area contributed by atoms with Gasteiger partial charge < -0.3 is 20.9 Å². The van der Waals surface area contributed by atoms with Crippen molar-refractivity contribution in [3.8, 4) is 0 Å². The molecule has 2 aliphatic heterocycles. The highest BCUT2D eigenvalue weighted by molar-refractivity contribution is 5.90. The van der Waals surface area contributed by atoms with E-state index in [9.17, 15) is 14.4 Å². The van der Waals surface area contributed by atoms with Crippen molar-refractivity contribution in [1.29, 1.82) is 0 Å². The molecule has 3 aliphatic rings. The number of aryl methyl sites for hydroxylation is 1. The fraction of sp³-hybridized carbons (Fsp3) is 0.714. The topological polar surface area (TPSA) is 112 Å². The molecule has 0 spiro atoms. The van der Waals surface area contributed by atoms with Crippen molar-refractivity contribution in [2.24, 2.45) is 13.0 Å². The van der Waals surface area contributed by atoms with E-state index in [1.807, 2.05) is 36.5 Å². The Morgan fingerprint density at radius 3 is 2.61 bits per heavy atom. The predicted molar refractivity (Wildman–Crippen MR) is 114 cm³/mol. The molecule has 0 unspecified atom stereocenters. The van der Waals surface area contributed by atoms with Gasteiger partial charge in [0.1, 0.15) is 6.04 Å². The summed E-state index contributed by atoms with van der Waals surface area (Å²) in [4.78, 5) is 42.0. The summed E-state index contributed by atoms with van der Waals surface area (Å²) in [6.45, 7) is 6.10. The number of rotatable bonds is 6. The second kappa shape index (κ2) is 8.86. The van der Waals surface area contributed by atoms with Gasteiger partial charge >= 0.3 is 6.03 Å². The van der Waals surface area contributed by atoms with Crippen molar-refractivity contribution < 1.29 is 14.4 Å². The van der Waals surface area contributed by atoms with Gasteiger partial charge in [-0.15, -0.1) is 0 Å². The fourth-order valence-corrected chi connectivity index (χ4v) is 4.52. The Morgan fingerprint density at radius 2 is 1.97 bits per heavy atom. The Hall–Kier alpha value is -2.62. The van der Waals surface area contributed by atoms with Crippen molar-refractivity contribution in [2.45, 2.75) is 63.8 Å². The van der Waals surface area contributed by atoms with E-state index >= 15 is 0 Å². The molecule has 4 rings (SSSR count). The number of fused-ring (bicyclic) bond motifs is 1. The number of nitrogens with zero attached hydrogens (tertiary/aromatic N) is 4. The molecule has 10 heteroatoms. The zero-order valence-electron chi connectivity index (χ0n) is 18.5. The Bertz CT molecular complexity index is 835. The van der Waals surface area contributed by atoms with Crippen LogP contribution in [-0.2, 0) is 23.2 Å². The number of carbonyl (C=O) groups excluding carboxylic acids is 3. The summed E-state index contributed by atoms with van der Waals surface area (Å²) in [7, 11) is 1.90. The van der Waals surface area contributed by atoms with Gasteiger partial charge in [-0.1, -0.05) is 0 Å². The molecule has 10 nitrogen and oxygen atoms in total. The lowest BCUT2D eigenvalue weighted by Crippen LogP contribution is -2.52. The van der Waals surface area contributed by atoms with Crippen LogP contribution in [0.15, 0.2) is 12.3 Å². The fourth-order valence-electron chi connectivity index (χ4n) is 4.52. The average Bonchev–Trinajstić information content (AvgIpc) is 3.39. The van der Waals surface area contributed by atoms with Crippen LogP contribution in [-0.4, -0.2) is 81.2 Å². The molecule has 1 aliphatic carbocycles. The Morgan fingerprint density at radius 1 is 1.19 bits per heavy atom. The van der Waals surface area contributed by atoms with E-state index in [1.54, 1.807) is 6.20 Å². The summed E-state index contributed by atoms with van der Waals surface area (Å²) in [5.74, 6) is -0.0346. The first kappa shape index (κ1) is 21.6. The zero-order valence-corrected chi connectivity index (χ0v) is 18.5. The summed E-state index contributed by atoms with van der Waals surface area (Å²) in [6, 6.07) is 1.12. The molecule has 4 amide bonds. The number of hydrogen-bond acceptors (Lipinski definition) is 5. The normalized spacial score (nSPS) is 26.5. The van der Waals surface area contributed by atoms with Crippen molar-refractivity contribution in [3.05, 3.63) is 18.0 Å². The minimum Gasteiger partial charge on any atom is -0.343 e. The van der Waals surface area contributed by atoms with Crippen molar-refractivity contribution in [1.82, 2.24) is 35.5 Å². The molecular weight excluding hydrogens is 398 g/mol. The quantitative estimate of drug-likeness (QED) is 0.578. The molecule has 31 heavy (non-hydrogen) atoms. The van der Waals surface area contributed by atoms with Crippen LogP contribution in [0.3, 0.4) is 0 Å². The molecule has 1 aromatic rings. The number of aromatic nitrogens is 2. The highest BCUT2D eigenvalue weighted by atomic mass is 16.2. The summed E-state index contributed by atoms with van der Waals surface area (Å²) in [5.41, 5.74) is 1.05.